The maximum Gasteiger partial charge on any atom is 0.389 e. The Labute approximate surface area is 115 Å². The molecule has 1 rings (SSSR count). The maximum absolute atomic E-state index is 12.0. The fourth-order valence-corrected chi connectivity index (χ4v) is 1.83. The largest absolute Gasteiger partial charge is 0.409 e. The fraction of sp³-hybridized carbons (Fsp3) is 0.462. The number of hydrogen-bond acceptors (Lipinski definition) is 3. The number of oxime groups is 1. The lowest BCUT2D eigenvalue weighted by molar-refractivity contribution is -0.136. The summed E-state index contributed by atoms with van der Waals surface area (Å²) >= 11 is 0. The molecule has 0 aliphatic rings. The highest BCUT2D eigenvalue weighted by Crippen LogP contribution is 2.21. The summed E-state index contributed by atoms with van der Waals surface area (Å²) in [5, 5.41) is 11.5. The Bertz CT molecular complexity index is 460. The van der Waals surface area contributed by atoms with Crippen LogP contribution in [0.2, 0.25) is 0 Å². The Kier molecular flexibility index (Phi) is 5.82. The number of rotatable bonds is 6. The molecule has 20 heavy (non-hydrogen) atoms. The van der Waals surface area contributed by atoms with Gasteiger partial charge in [-0.05, 0) is 31.6 Å². The quantitative estimate of drug-likeness (QED) is 0.366. The molecular weight excluding hydrogens is 271 g/mol. The predicted molar refractivity (Wildman–Crippen MR) is 70.6 cm³/mol. The van der Waals surface area contributed by atoms with Crippen molar-refractivity contribution in [1.82, 2.24) is 4.90 Å². The number of benzene rings is 1. The van der Waals surface area contributed by atoms with Crippen LogP contribution in [0.1, 0.15) is 24.0 Å². The molecule has 0 atom stereocenters. The monoisotopic (exact) mass is 289 g/mol. The van der Waals surface area contributed by atoms with Crippen molar-refractivity contribution < 1.29 is 18.4 Å². The van der Waals surface area contributed by atoms with Crippen LogP contribution in [-0.2, 0) is 6.54 Å². The highest BCUT2D eigenvalue weighted by molar-refractivity contribution is 5.97. The number of nitrogens with two attached hydrogens (primary N) is 1. The first-order valence-electron chi connectivity index (χ1n) is 6.14. The Morgan fingerprint density at radius 1 is 1.40 bits per heavy atom. The zero-order valence-electron chi connectivity index (χ0n) is 11.2. The van der Waals surface area contributed by atoms with Crippen molar-refractivity contribution in [1.29, 1.82) is 0 Å². The van der Waals surface area contributed by atoms with Crippen LogP contribution >= 0.6 is 0 Å². The number of alkyl halides is 3. The highest BCUT2D eigenvalue weighted by atomic mass is 19.4. The van der Waals surface area contributed by atoms with Crippen molar-refractivity contribution in [2.24, 2.45) is 10.9 Å². The molecule has 7 heteroatoms. The molecule has 3 N–H and O–H groups in total. The summed E-state index contributed by atoms with van der Waals surface area (Å²) < 4.78 is 36.1. The zero-order valence-corrected chi connectivity index (χ0v) is 11.2. The summed E-state index contributed by atoms with van der Waals surface area (Å²) in [5.41, 5.74) is 6.95. The topological polar surface area (TPSA) is 61.8 Å². The highest BCUT2D eigenvalue weighted by Gasteiger charge is 2.26. The molecule has 0 fully saturated rings. The van der Waals surface area contributed by atoms with Crippen LogP contribution in [0.25, 0.3) is 0 Å². The molecule has 0 aliphatic heterocycles. The first kappa shape index (κ1) is 16.3. The van der Waals surface area contributed by atoms with Crippen molar-refractivity contribution >= 4 is 5.84 Å². The van der Waals surface area contributed by atoms with Gasteiger partial charge in [0.15, 0.2) is 5.84 Å². The van der Waals surface area contributed by atoms with Crippen molar-refractivity contribution in [3.05, 3.63) is 35.4 Å². The maximum atomic E-state index is 12.0. The van der Waals surface area contributed by atoms with Gasteiger partial charge in [0.05, 0.1) is 0 Å². The van der Waals surface area contributed by atoms with Crippen LogP contribution < -0.4 is 5.73 Å². The van der Waals surface area contributed by atoms with Gasteiger partial charge >= 0.3 is 6.18 Å². The van der Waals surface area contributed by atoms with E-state index >= 15 is 0 Å². The van der Waals surface area contributed by atoms with Crippen LogP contribution in [0, 0.1) is 0 Å². The molecule has 0 heterocycles. The van der Waals surface area contributed by atoms with Gasteiger partial charge in [0.2, 0.25) is 0 Å². The van der Waals surface area contributed by atoms with Gasteiger partial charge in [-0.3, -0.25) is 0 Å². The van der Waals surface area contributed by atoms with Gasteiger partial charge in [-0.15, -0.1) is 0 Å². The standard InChI is InChI=1S/C13H18F3N3O/c1-19(7-3-6-13(14,15)16)9-10-4-2-5-11(8-10)12(17)18-20/h2,4-5,8,20H,3,6-7,9H2,1H3,(H2,17,18). The average Bonchev–Trinajstić information content (AvgIpc) is 2.36. The third-order valence-corrected chi connectivity index (χ3v) is 2.78. The molecule has 1 aromatic rings. The Hall–Kier alpha value is -1.76. The third-order valence-electron chi connectivity index (χ3n) is 2.78. The smallest absolute Gasteiger partial charge is 0.389 e. The summed E-state index contributed by atoms with van der Waals surface area (Å²) in [6.45, 7) is 0.859. The van der Waals surface area contributed by atoms with E-state index in [0.29, 0.717) is 18.7 Å². The van der Waals surface area contributed by atoms with E-state index < -0.39 is 12.6 Å². The molecule has 4 nitrogen and oxygen atoms in total. The second-order valence-electron chi connectivity index (χ2n) is 4.64. The van der Waals surface area contributed by atoms with Crippen molar-refractivity contribution in [2.45, 2.75) is 25.6 Å². The molecule has 0 aliphatic carbocycles. The first-order chi connectivity index (χ1) is 9.31. The first-order valence-corrected chi connectivity index (χ1v) is 6.14. The molecule has 112 valence electrons. The van der Waals surface area contributed by atoms with Gasteiger partial charge in [0.25, 0.3) is 0 Å². The van der Waals surface area contributed by atoms with Crippen molar-refractivity contribution in [2.75, 3.05) is 13.6 Å². The Morgan fingerprint density at radius 3 is 2.70 bits per heavy atom. The van der Waals surface area contributed by atoms with Crippen LogP contribution in [-0.4, -0.2) is 35.7 Å². The van der Waals surface area contributed by atoms with Crippen LogP contribution in [0.4, 0.5) is 13.2 Å². The number of halogens is 3. The number of amidine groups is 1. The second-order valence-corrected chi connectivity index (χ2v) is 4.64. The fourth-order valence-electron chi connectivity index (χ4n) is 1.83. The van der Waals surface area contributed by atoms with E-state index in [4.69, 9.17) is 10.9 Å². The minimum atomic E-state index is -4.10. The van der Waals surface area contributed by atoms with E-state index in [1.807, 2.05) is 6.07 Å². The summed E-state index contributed by atoms with van der Waals surface area (Å²) in [7, 11) is 1.76. The molecule has 0 spiro atoms. The van der Waals surface area contributed by atoms with Crippen LogP contribution in [0.5, 0.6) is 0 Å². The van der Waals surface area contributed by atoms with E-state index in [1.54, 1.807) is 30.1 Å². The van der Waals surface area contributed by atoms with E-state index in [2.05, 4.69) is 5.16 Å². The molecule has 0 unspecified atom stereocenters. The minimum absolute atomic E-state index is 0.00609. The lowest BCUT2D eigenvalue weighted by atomic mass is 10.1. The van der Waals surface area contributed by atoms with Gasteiger partial charge in [-0.1, -0.05) is 23.4 Å². The van der Waals surface area contributed by atoms with Crippen molar-refractivity contribution in [3.63, 3.8) is 0 Å². The second kappa shape index (κ2) is 7.14. The SMILES string of the molecule is CN(CCCC(F)(F)F)Cc1cccc(/C(N)=N/O)c1. The van der Waals surface area contributed by atoms with Gasteiger partial charge in [0, 0.05) is 18.5 Å². The number of nitrogens with zero attached hydrogens (tertiary/aromatic N) is 2. The van der Waals surface area contributed by atoms with E-state index in [1.165, 1.54) is 0 Å². The van der Waals surface area contributed by atoms with E-state index in [0.717, 1.165) is 5.56 Å². The summed E-state index contributed by atoms with van der Waals surface area (Å²) in [6, 6.07) is 7.04. The normalized spacial score (nSPS) is 12.9. The average molecular weight is 289 g/mol. The van der Waals surface area contributed by atoms with Gasteiger partial charge in [-0.2, -0.15) is 13.2 Å². The van der Waals surface area contributed by atoms with Crippen LogP contribution in [0.15, 0.2) is 29.4 Å². The van der Waals surface area contributed by atoms with E-state index in [9.17, 15) is 13.2 Å². The predicted octanol–water partition coefficient (Wildman–Crippen LogP) is 2.56. The molecular formula is C13H18F3N3O. The molecule has 0 aromatic heterocycles. The van der Waals surface area contributed by atoms with Crippen molar-refractivity contribution in [3.8, 4) is 0 Å². The Morgan fingerprint density at radius 2 is 2.10 bits per heavy atom. The van der Waals surface area contributed by atoms with E-state index in [-0.39, 0.29) is 12.3 Å². The summed E-state index contributed by atoms with van der Waals surface area (Å²) in [5.74, 6) is 0.00609. The molecule has 0 saturated carbocycles. The Balaban J connectivity index is 2.52. The zero-order chi connectivity index (χ0) is 15.2. The van der Waals surface area contributed by atoms with Gasteiger partial charge in [0.1, 0.15) is 0 Å². The molecule has 0 bridgehead atoms. The minimum Gasteiger partial charge on any atom is -0.409 e. The lowest BCUT2D eigenvalue weighted by Gasteiger charge is -2.17. The van der Waals surface area contributed by atoms with Gasteiger partial charge < -0.3 is 15.8 Å². The molecule has 0 amide bonds. The number of hydrogen-bond donors (Lipinski definition) is 2. The summed E-state index contributed by atoms with van der Waals surface area (Å²) in [4.78, 5) is 1.80. The lowest BCUT2D eigenvalue weighted by Crippen LogP contribution is -2.21. The summed E-state index contributed by atoms with van der Waals surface area (Å²) in [6.07, 6.45) is -4.81. The van der Waals surface area contributed by atoms with Gasteiger partial charge in [-0.25, -0.2) is 0 Å². The van der Waals surface area contributed by atoms with Crippen LogP contribution in [0.3, 0.4) is 0 Å². The molecule has 1 aromatic carbocycles. The molecule has 0 saturated heterocycles. The third kappa shape index (κ3) is 5.92. The molecule has 0 radical (unpaired) electrons.